The van der Waals surface area contributed by atoms with Gasteiger partial charge >= 0.3 is 0 Å². The van der Waals surface area contributed by atoms with Gasteiger partial charge in [-0.2, -0.15) is 0 Å². The van der Waals surface area contributed by atoms with Crippen molar-refractivity contribution in [1.82, 2.24) is 0 Å². The molecule has 2 atom stereocenters. The predicted molar refractivity (Wildman–Crippen MR) is 43.3 cm³/mol. The van der Waals surface area contributed by atoms with Crippen molar-refractivity contribution in [2.45, 2.75) is 24.9 Å². The first-order chi connectivity index (χ1) is 4.54. The molecular weight excluding hydrogens is 128 g/mol. The Balaban J connectivity index is 3.78. The van der Waals surface area contributed by atoms with E-state index in [9.17, 15) is 0 Å². The summed E-state index contributed by atoms with van der Waals surface area (Å²) < 4.78 is 0. The average molecular weight is 146 g/mol. The molecule has 0 aromatic carbocycles. The molecule has 8 N–H and O–H groups in total. The van der Waals surface area contributed by atoms with Crippen molar-refractivity contribution in [3.63, 3.8) is 0 Å². The van der Waals surface area contributed by atoms with Crippen molar-refractivity contribution < 1.29 is 0 Å². The third-order valence-electron chi connectivity index (χ3n) is 1.76. The zero-order valence-electron chi connectivity index (χ0n) is 6.51. The molecule has 10 heavy (non-hydrogen) atoms. The topological polar surface area (TPSA) is 104 Å². The smallest absolute Gasteiger partial charge is 0.0403 e. The summed E-state index contributed by atoms with van der Waals surface area (Å²) >= 11 is 0. The van der Waals surface area contributed by atoms with Gasteiger partial charge in [-0.3, -0.25) is 0 Å². The normalized spacial score (nSPS) is 20.1. The van der Waals surface area contributed by atoms with Gasteiger partial charge in [-0.25, -0.2) is 0 Å². The standard InChI is InChI=1S/C6H18N4/c1-6(10,4-8)5(9)2-3-7/h5H,2-4,7-10H2,1H3. The third kappa shape index (κ3) is 2.62. The molecule has 0 fully saturated rings. The van der Waals surface area contributed by atoms with Gasteiger partial charge in [-0.15, -0.1) is 0 Å². The summed E-state index contributed by atoms with van der Waals surface area (Å²) in [6.07, 6.45) is 0.726. The van der Waals surface area contributed by atoms with E-state index in [4.69, 9.17) is 22.9 Å². The highest BCUT2D eigenvalue weighted by Gasteiger charge is 2.23. The second-order valence-electron chi connectivity index (χ2n) is 2.89. The second-order valence-corrected chi connectivity index (χ2v) is 2.89. The van der Waals surface area contributed by atoms with Crippen LogP contribution in [-0.4, -0.2) is 24.7 Å². The molecule has 0 radical (unpaired) electrons. The maximum Gasteiger partial charge on any atom is 0.0403 e. The molecule has 0 heterocycles. The lowest BCUT2D eigenvalue weighted by Crippen LogP contribution is -2.58. The number of hydrogen-bond donors (Lipinski definition) is 4. The minimum Gasteiger partial charge on any atom is -0.330 e. The molecule has 0 rings (SSSR count). The van der Waals surface area contributed by atoms with Crippen LogP contribution in [0.3, 0.4) is 0 Å². The molecule has 0 saturated carbocycles. The van der Waals surface area contributed by atoms with Gasteiger partial charge in [0.05, 0.1) is 0 Å². The summed E-state index contributed by atoms with van der Waals surface area (Å²) in [7, 11) is 0. The van der Waals surface area contributed by atoms with Crippen molar-refractivity contribution in [2.24, 2.45) is 22.9 Å². The van der Waals surface area contributed by atoms with Crippen LogP contribution in [0.25, 0.3) is 0 Å². The van der Waals surface area contributed by atoms with Crippen LogP contribution in [0.5, 0.6) is 0 Å². The molecule has 4 heteroatoms. The van der Waals surface area contributed by atoms with E-state index in [1.165, 1.54) is 0 Å². The lowest BCUT2D eigenvalue weighted by Gasteiger charge is -2.29. The number of nitrogens with two attached hydrogens (primary N) is 4. The van der Waals surface area contributed by atoms with E-state index in [-0.39, 0.29) is 6.04 Å². The first-order valence-corrected chi connectivity index (χ1v) is 3.49. The van der Waals surface area contributed by atoms with Gasteiger partial charge < -0.3 is 22.9 Å². The van der Waals surface area contributed by atoms with Crippen LogP contribution < -0.4 is 22.9 Å². The Morgan fingerprint density at radius 2 is 1.90 bits per heavy atom. The maximum atomic E-state index is 5.74. The molecule has 0 aromatic heterocycles. The van der Waals surface area contributed by atoms with Gasteiger partial charge in [0.25, 0.3) is 0 Å². The van der Waals surface area contributed by atoms with Crippen LogP contribution in [0.15, 0.2) is 0 Å². The first-order valence-electron chi connectivity index (χ1n) is 3.49. The zero-order valence-corrected chi connectivity index (χ0v) is 6.51. The molecule has 62 valence electrons. The van der Waals surface area contributed by atoms with Gasteiger partial charge in [0.2, 0.25) is 0 Å². The molecule has 0 aromatic rings. The van der Waals surface area contributed by atoms with Crippen LogP contribution in [0.4, 0.5) is 0 Å². The lowest BCUT2D eigenvalue weighted by atomic mass is 9.92. The summed E-state index contributed by atoms with van der Waals surface area (Å²) in [5, 5.41) is 0. The van der Waals surface area contributed by atoms with E-state index in [1.807, 2.05) is 6.92 Å². The Bertz CT molecular complexity index is 91.7. The maximum absolute atomic E-state index is 5.74. The Hall–Kier alpha value is -0.160. The fraction of sp³-hybridized carbons (Fsp3) is 1.00. The van der Waals surface area contributed by atoms with Crippen LogP contribution in [-0.2, 0) is 0 Å². The first kappa shape index (κ1) is 9.84. The quantitative estimate of drug-likeness (QED) is 0.381. The minimum atomic E-state index is -0.473. The van der Waals surface area contributed by atoms with Crippen molar-refractivity contribution in [3.05, 3.63) is 0 Å². The van der Waals surface area contributed by atoms with E-state index in [2.05, 4.69) is 0 Å². The Morgan fingerprint density at radius 3 is 2.20 bits per heavy atom. The Kier molecular flexibility index (Phi) is 3.81. The number of hydrogen-bond acceptors (Lipinski definition) is 4. The summed E-state index contributed by atoms with van der Waals surface area (Å²) in [5.74, 6) is 0. The predicted octanol–water partition coefficient (Wildman–Crippen LogP) is -1.66. The highest BCUT2D eigenvalue weighted by atomic mass is 14.9. The zero-order chi connectivity index (χ0) is 8.20. The molecule has 0 spiro atoms. The lowest BCUT2D eigenvalue weighted by molar-refractivity contribution is 0.370. The van der Waals surface area contributed by atoms with Gasteiger partial charge in [-0.1, -0.05) is 0 Å². The fourth-order valence-electron chi connectivity index (χ4n) is 0.661. The second kappa shape index (κ2) is 3.88. The molecule has 0 amide bonds. The molecular formula is C6H18N4. The Labute approximate surface area is 61.9 Å². The molecule has 0 saturated heterocycles. The molecule has 4 nitrogen and oxygen atoms in total. The molecule has 0 aliphatic rings. The van der Waals surface area contributed by atoms with Crippen molar-refractivity contribution in [3.8, 4) is 0 Å². The van der Waals surface area contributed by atoms with Gasteiger partial charge in [-0.05, 0) is 19.9 Å². The van der Waals surface area contributed by atoms with Gasteiger partial charge in [0, 0.05) is 18.1 Å². The van der Waals surface area contributed by atoms with E-state index < -0.39 is 5.54 Å². The molecule has 0 aliphatic heterocycles. The van der Waals surface area contributed by atoms with Crippen LogP contribution >= 0.6 is 0 Å². The van der Waals surface area contributed by atoms with Crippen LogP contribution in [0.1, 0.15) is 13.3 Å². The van der Waals surface area contributed by atoms with Crippen molar-refractivity contribution in [2.75, 3.05) is 13.1 Å². The van der Waals surface area contributed by atoms with Crippen LogP contribution in [0.2, 0.25) is 0 Å². The molecule has 0 bridgehead atoms. The highest BCUT2D eigenvalue weighted by Crippen LogP contribution is 2.03. The number of rotatable bonds is 4. The van der Waals surface area contributed by atoms with Gasteiger partial charge in [0.15, 0.2) is 0 Å². The summed E-state index contributed by atoms with van der Waals surface area (Å²) in [6.45, 7) is 2.80. The fourth-order valence-corrected chi connectivity index (χ4v) is 0.661. The summed E-state index contributed by atoms with van der Waals surface area (Å²) in [5.41, 5.74) is 21.7. The van der Waals surface area contributed by atoms with Gasteiger partial charge in [0.1, 0.15) is 0 Å². The van der Waals surface area contributed by atoms with E-state index in [0.29, 0.717) is 13.1 Å². The van der Waals surface area contributed by atoms with Crippen LogP contribution in [0, 0.1) is 0 Å². The van der Waals surface area contributed by atoms with E-state index in [1.54, 1.807) is 0 Å². The van der Waals surface area contributed by atoms with Crippen molar-refractivity contribution >= 4 is 0 Å². The van der Waals surface area contributed by atoms with Crippen molar-refractivity contribution in [1.29, 1.82) is 0 Å². The SMILES string of the molecule is CC(N)(CN)C(N)CCN. The molecule has 2 unspecified atom stereocenters. The minimum absolute atomic E-state index is 0.0949. The summed E-state index contributed by atoms with van der Waals surface area (Å²) in [6, 6.07) is -0.0949. The van der Waals surface area contributed by atoms with E-state index in [0.717, 1.165) is 6.42 Å². The highest BCUT2D eigenvalue weighted by molar-refractivity contribution is 4.90. The average Bonchev–Trinajstić information content (AvgIpc) is 1.89. The Morgan fingerprint density at radius 1 is 1.40 bits per heavy atom. The largest absolute Gasteiger partial charge is 0.330 e. The third-order valence-corrected chi connectivity index (χ3v) is 1.76. The summed E-state index contributed by atoms with van der Waals surface area (Å²) in [4.78, 5) is 0. The van der Waals surface area contributed by atoms with E-state index >= 15 is 0 Å². The molecule has 0 aliphatic carbocycles. The monoisotopic (exact) mass is 146 g/mol.